The van der Waals surface area contributed by atoms with Crippen LogP contribution in [0.2, 0.25) is 15.1 Å². The molecule has 0 aliphatic carbocycles. The molecule has 0 radical (unpaired) electrons. The first kappa shape index (κ1) is 20.2. The molecule has 1 aromatic carbocycles. The minimum atomic E-state index is 0.381. The van der Waals surface area contributed by atoms with Crippen LogP contribution in [0, 0.1) is 0 Å². The first-order valence-corrected chi connectivity index (χ1v) is 9.60. The van der Waals surface area contributed by atoms with E-state index in [-0.39, 0.29) is 0 Å². The number of rotatable bonds is 8. The number of thioether (sulfide) groups is 1. The van der Waals surface area contributed by atoms with Crippen molar-refractivity contribution in [2.45, 2.75) is 12.1 Å². The molecule has 0 atom stereocenters. The number of hydrogen-bond donors (Lipinski definition) is 1. The second kappa shape index (κ2) is 9.52. The lowest BCUT2D eigenvalue weighted by atomic mass is 10.3. The van der Waals surface area contributed by atoms with E-state index in [1.54, 1.807) is 12.1 Å². The van der Waals surface area contributed by atoms with Crippen molar-refractivity contribution in [1.82, 2.24) is 15.0 Å². The summed E-state index contributed by atoms with van der Waals surface area (Å²) in [6, 6.07) is 3.19. The van der Waals surface area contributed by atoms with Crippen LogP contribution in [-0.4, -0.2) is 48.0 Å². The maximum Gasteiger partial charge on any atom is 0.230 e. The van der Waals surface area contributed by atoms with Crippen molar-refractivity contribution < 1.29 is 4.74 Å². The average Bonchev–Trinajstić information content (AvgIpc) is 2.53. The lowest BCUT2D eigenvalue weighted by molar-refractivity contribution is 0.344. The van der Waals surface area contributed by atoms with E-state index >= 15 is 0 Å². The largest absolute Gasteiger partial charge is 0.490 e. The van der Waals surface area contributed by atoms with Gasteiger partial charge < -0.3 is 15.0 Å². The van der Waals surface area contributed by atoms with E-state index in [0.29, 0.717) is 50.2 Å². The molecule has 0 amide bonds. The zero-order valence-corrected chi connectivity index (χ0v) is 17.1. The van der Waals surface area contributed by atoms with E-state index < -0.39 is 0 Å². The minimum Gasteiger partial charge on any atom is -0.490 e. The molecule has 136 valence electrons. The van der Waals surface area contributed by atoms with E-state index in [9.17, 15) is 0 Å². The van der Waals surface area contributed by atoms with E-state index in [2.05, 4.69) is 20.3 Å². The van der Waals surface area contributed by atoms with Gasteiger partial charge in [-0.2, -0.15) is 15.0 Å². The lowest BCUT2D eigenvalue weighted by Crippen LogP contribution is -2.16. The van der Waals surface area contributed by atoms with Crippen LogP contribution >= 0.6 is 46.6 Å². The highest BCUT2D eigenvalue weighted by Gasteiger charge is 2.11. The number of nitrogens with one attached hydrogen (secondary N) is 1. The molecule has 0 saturated heterocycles. The van der Waals surface area contributed by atoms with Gasteiger partial charge in [0, 0.05) is 31.4 Å². The predicted octanol–water partition coefficient (Wildman–Crippen LogP) is 4.50. The Balaban J connectivity index is 1.97. The third kappa shape index (κ3) is 5.95. The van der Waals surface area contributed by atoms with Crippen molar-refractivity contribution in [3.8, 4) is 5.75 Å². The molecule has 1 N–H and O–H groups in total. The van der Waals surface area contributed by atoms with Crippen LogP contribution in [0.15, 0.2) is 17.3 Å². The molecule has 25 heavy (non-hydrogen) atoms. The summed E-state index contributed by atoms with van der Waals surface area (Å²) >= 11 is 19.5. The zero-order valence-electron chi connectivity index (χ0n) is 14.0. The standard InChI is InChI=1S/C15H18Cl3N5OS/c1-4-19-13-20-14(23(2)3)22-15(21-13)25-6-5-24-12-10(17)7-9(16)8-11(12)18/h7-8H,4-6H2,1-3H3,(H,19,20,21,22). The van der Waals surface area contributed by atoms with Gasteiger partial charge in [-0.05, 0) is 19.1 Å². The monoisotopic (exact) mass is 421 g/mol. The number of anilines is 2. The van der Waals surface area contributed by atoms with Gasteiger partial charge in [-0.3, -0.25) is 0 Å². The first-order valence-electron chi connectivity index (χ1n) is 7.48. The first-order chi connectivity index (χ1) is 11.9. The van der Waals surface area contributed by atoms with E-state index in [1.165, 1.54) is 11.8 Å². The van der Waals surface area contributed by atoms with Crippen LogP contribution in [0.5, 0.6) is 5.75 Å². The Hall–Kier alpha value is -1.15. The Bertz CT molecular complexity index is 709. The van der Waals surface area contributed by atoms with Crippen LogP contribution in [0.4, 0.5) is 11.9 Å². The maximum absolute atomic E-state index is 6.09. The molecule has 2 rings (SSSR count). The van der Waals surface area contributed by atoms with Crippen LogP contribution in [-0.2, 0) is 0 Å². The summed E-state index contributed by atoms with van der Waals surface area (Å²) in [7, 11) is 3.76. The van der Waals surface area contributed by atoms with Gasteiger partial charge in [0.2, 0.25) is 11.9 Å². The maximum atomic E-state index is 6.09. The molecule has 0 fully saturated rings. The Morgan fingerprint density at radius 2 is 1.80 bits per heavy atom. The van der Waals surface area contributed by atoms with Crippen molar-refractivity contribution in [1.29, 1.82) is 0 Å². The molecule has 1 heterocycles. The number of hydrogen-bond acceptors (Lipinski definition) is 7. The van der Waals surface area contributed by atoms with Crippen LogP contribution in [0.25, 0.3) is 0 Å². The molecule has 10 heteroatoms. The summed E-state index contributed by atoms with van der Waals surface area (Å²) in [5.41, 5.74) is 0. The quantitative estimate of drug-likeness (QED) is 0.496. The smallest absolute Gasteiger partial charge is 0.230 e. The molecule has 0 spiro atoms. The fourth-order valence-electron chi connectivity index (χ4n) is 1.79. The van der Waals surface area contributed by atoms with Crippen LogP contribution < -0.4 is 15.0 Å². The van der Waals surface area contributed by atoms with Gasteiger partial charge in [0.1, 0.15) is 0 Å². The fraction of sp³-hybridized carbons (Fsp3) is 0.400. The second-order valence-electron chi connectivity index (χ2n) is 5.06. The summed E-state index contributed by atoms with van der Waals surface area (Å²) in [6.07, 6.45) is 0. The van der Waals surface area contributed by atoms with Gasteiger partial charge in [0.05, 0.1) is 16.7 Å². The lowest BCUT2D eigenvalue weighted by Gasteiger charge is -2.13. The molecular formula is C15H18Cl3N5OS. The topological polar surface area (TPSA) is 63.2 Å². The highest BCUT2D eigenvalue weighted by molar-refractivity contribution is 7.99. The Kier molecular flexibility index (Phi) is 7.68. The number of nitrogens with zero attached hydrogens (tertiary/aromatic N) is 4. The molecule has 0 bridgehead atoms. The van der Waals surface area contributed by atoms with Gasteiger partial charge in [-0.1, -0.05) is 46.6 Å². The molecular weight excluding hydrogens is 405 g/mol. The van der Waals surface area contributed by atoms with Crippen molar-refractivity contribution >= 4 is 58.5 Å². The van der Waals surface area contributed by atoms with Crippen molar-refractivity contribution in [2.24, 2.45) is 0 Å². The molecule has 1 aromatic heterocycles. The van der Waals surface area contributed by atoms with Gasteiger partial charge in [-0.15, -0.1) is 0 Å². The Morgan fingerprint density at radius 3 is 2.40 bits per heavy atom. The van der Waals surface area contributed by atoms with Gasteiger partial charge >= 0.3 is 0 Å². The zero-order chi connectivity index (χ0) is 18.4. The minimum absolute atomic E-state index is 0.381. The Labute approximate surface area is 166 Å². The number of benzene rings is 1. The molecule has 2 aromatic rings. The fourth-order valence-corrected chi connectivity index (χ4v) is 3.36. The summed E-state index contributed by atoms with van der Waals surface area (Å²) in [6.45, 7) is 3.11. The number of aromatic nitrogens is 3. The summed E-state index contributed by atoms with van der Waals surface area (Å²) < 4.78 is 5.66. The molecule has 0 aliphatic rings. The normalized spacial score (nSPS) is 10.6. The molecule has 0 aliphatic heterocycles. The van der Waals surface area contributed by atoms with Gasteiger partial charge in [-0.25, -0.2) is 0 Å². The highest BCUT2D eigenvalue weighted by Crippen LogP contribution is 2.35. The molecule has 0 unspecified atom stereocenters. The molecule has 6 nitrogen and oxygen atoms in total. The van der Waals surface area contributed by atoms with E-state index in [1.807, 2.05) is 25.9 Å². The van der Waals surface area contributed by atoms with Crippen molar-refractivity contribution in [3.63, 3.8) is 0 Å². The van der Waals surface area contributed by atoms with E-state index in [0.717, 1.165) is 6.54 Å². The average molecular weight is 423 g/mol. The second-order valence-corrected chi connectivity index (χ2v) is 7.37. The van der Waals surface area contributed by atoms with Gasteiger partial charge in [0.15, 0.2) is 10.9 Å². The number of halogens is 3. The summed E-state index contributed by atoms with van der Waals surface area (Å²) in [5, 5.41) is 4.95. The third-order valence-electron chi connectivity index (χ3n) is 2.86. The predicted molar refractivity (Wildman–Crippen MR) is 106 cm³/mol. The number of ether oxygens (including phenoxy) is 1. The Morgan fingerprint density at radius 1 is 1.12 bits per heavy atom. The van der Waals surface area contributed by atoms with Crippen LogP contribution in [0.3, 0.4) is 0 Å². The van der Waals surface area contributed by atoms with Crippen molar-refractivity contribution in [3.05, 3.63) is 27.2 Å². The van der Waals surface area contributed by atoms with E-state index in [4.69, 9.17) is 39.5 Å². The SMILES string of the molecule is CCNc1nc(SCCOc2c(Cl)cc(Cl)cc2Cl)nc(N(C)C)n1. The van der Waals surface area contributed by atoms with Gasteiger partial charge in [0.25, 0.3) is 0 Å². The summed E-state index contributed by atoms with van der Waals surface area (Å²) in [4.78, 5) is 14.9. The summed E-state index contributed by atoms with van der Waals surface area (Å²) in [5.74, 6) is 2.19. The third-order valence-corrected chi connectivity index (χ3v) is 4.45. The van der Waals surface area contributed by atoms with Crippen molar-refractivity contribution in [2.75, 3.05) is 43.2 Å². The molecule has 0 saturated carbocycles. The highest BCUT2D eigenvalue weighted by atomic mass is 35.5. The van der Waals surface area contributed by atoms with Crippen LogP contribution in [0.1, 0.15) is 6.92 Å².